The van der Waals surface area contributed by atoms with E-state index in [2.05, 4.69) is 69.7 Å². The average molecular weight is 456 g/mol. The van der Waals surface area contributed by atoms with Gasteiger partial charge in [-0.25, -0.2) is 8.93 Å². The molecule has 0 aliphatic carbocycles. The Labute approximate surface area is 178 Å². The largest absolute Gasteiger partial charge is 0.242 e. The zero-order valence-corrected chi connectivity index (χ0v) is 18.9. The first kappa shape index (κ1) is 21.0. The Morgan fingerprint density at radius 3 is 2.18 bits per heavy atom. The van der Waals surface area contributed by atoms with Gasteiger partial charge in [-0.2, -0.15) is 0 Å². The third kappa shape index (κ3) is 4.80. The summed E-state index contributed by atoms with van der Waals surface area (Å²) in [6.07, 6.45) is 1.94. The highest BCUT2D eigenvalue weighted by Gasteiger charge is 2.28. The molecule has 1 unspecified atom stereocenters. The van der Waals surface area contributed by atoms with Crippen molar-refractivity contribution >= 4 is 37.7 Å². The van der Waals surface area contributed by atoms with Gasteiger partial charge in [-0.3, -0.25) is 0 Å². The fourth-order valence-electron chi connectivity index (χ4n) is 3.19. The van der Waals surface area contributed by atoms with Gasteiger partial charge >= 0.3 is 0 Å². The average Bonchev–Trinajstić information content (AvgIpc) is 2.68. The summed E-state index contributed by atoms with van der Waals surface area (Å²) in [6, 6.07) is 22.8. The van der Waals surface area contributed by atoms with Crippen molar-refractivity contribution in [3.63, 3.8) is 0 Å². The molecule has 3 rings (SSSR count). The SMILES string of the molecule is C=C[C@@H](c1ccc(Br)cc1)[C@H](NS(=O)C(C)(C)C)c1ccc2ccccc2c1. The second-order valence-corrected chi connectivity index (χ2v) is 10.8. The van der Waals surface area contributed by atoms with E-state index in [0.29, 0.717) is 0 Å². The molecule has 3 atom stereocenters. The summed E-state index contributed by atoms with van der Waals surface area (Å²) in [5.74, 6) is -0.0134. The van der Waals surface area contributed by atoms with Crippen LogP contribution in [-0.4, -0.2) is 8.96 Å². The van der Waals surface area contributed by atoms with E-state index in [1.165, 1.54) is 10.8 Å². The van der Waals surface area contributed by atoms with E-state index in [-0.39, 0.29) is 16.7 Å². The van der Waals surface area contributed by atoms with E-state index < -0.39 is 11.0 Å². The number of hydrogen-bond donors (Lipinski definition) is 1. The highest BCUT2D eigenvalue weighted by molar-refractivity contribution is 9.10. The summed E-state index contributed by atoms with van der Waals surface area (Å²) >= 11 is 3.50. The third-order valence-electron chi connectivity index (χ3n) is 4.79. The van der Waals surface area contributed by atoms with Crippen LogP contribution in [-0.2, 0) is 11.0 Å². The van der Waals surface area contributed by atoms with Crippen molar-refractivity contribution in [2.45, 2.75) is 37.5 Å². The highest BCUT2D eigenvalue weighted by atomic mass is 79.9. The molecule has 4 heteroatoms. The summed E-state index contributed by atoms with van der Waals surface area (Å²) in [6.45, 7) is 10.0. The molecule has 0 heterocycles. The molecule has 1 N–H and O–H groups in total. The summed E-state index contributed by atoms with van der Waals surface area (Å²) in [7, 11) is -1.21. The normalized spacial score (nSPS) is 15.1. The van der Waals surface area contributed by atoms with E-state index in [9.17, 15) is 4.21 Å². The van der Waals surface area contributed by atoms with Crippen molar-refractivity contribution in [1.29, 1.82) is 0 Å². The lowest BCUT2D eigenvalue weighted by atomic mass is 9.87. The van der Waals surface area contributed by atoms with Gasteiger partial charge in [0, 0.05) is 10.4 Å². The van der Waals surface area contributed by atoms with Crippen molar-refractivity contribution in [2.24, 2.45) is 0 Å². The van der Waals surface area contributed by atoms with Gasteiger partial charge in [-0.05, 0) is 60.9 Å². The van der Waals surface area contributed by atoms with E-state index in [4.69, 9.17) is 0 Å². The lowest BCUT2D eigenvalue weighted by Crippen LogP contribution is -2.37. The Bertz CT molecular complexity index is 991. The van der Waals surface area contributed by atoms with Crippen LogP contribution in [0.15, 0.2) is 83.9 Å². The van der Waals surface area contributed by atoms with Gasteiger partial charge in [0.05, 0.1) is 21.8 Å². The standard InChI is InChI=1S/C24H26BrNOS/c1-5-22(18-12-14-21(25)15-13-18)23(26-28(27)24(2,3)4)20-11-10-17-8-6-7-9-19(17)16-20/h5-16,22-23,26H,1H2,2-4H3/t22-,23+,28?/m0/s1. The minimum atomic E-state index is -1.21. The summed E-state index contributed by atoms with van der Waals surface area (Å²) in [4.78, 5) is 0. The van der Waals surface area contributed by atoms with Gasteiger partial charge in [0.25, 0.3) is 0 Å². The first-order valence-corrected chi connectivity index (χ1v) is 11.3. The fraction of sp³-hybridized carbons (Fsp3) is 0.250. The van der Waals surface area contributed by atoms with Gasteiger partial charge in [-0.15, -0.1) is 6.58 Å². The molecule has 0 radical (unpaired) electrons. The summed E-state index contributed by atoms with van der Waals surface area (Å²) < 4.78 is 17.0. The second kappa shape index (κ2) is 8.73. The van der Waals surface area contributed by atoms with Gasteiger partial charge in [0.1, 0.15) is 0 Å². The van der Waals surface area contributed by atoms with Crippen LogP contribution in [0.25, 0.3) is 10.8 Å². The number of benzene rings is 3. The predicted molar refractivity (Wildman–Crippen MR) is 125 cm³/mol. The lowest BCUT2D eigenvalue weighted by Gasteiger charge is -2.30. The maximum atomic E-state index is 13.0. The zero-order chi connectivity index (χ0) is 20.3. The number of fused-ring (bicyclic) bond motifs is 1. The molecule has 0 bridgehead atoms. The van der Waals surface area contributed by atoms with Gasteiger partial charge in [0.2, 0.25) is 0 Å². The second-order valence-electron chi connectivity index (χ2n) is 7.90. The predicted octanol–water partition coefficient (Wildman–Crippen LogP) is 6.67. The molecular weight excluding hydrogens is 430 g/mol. The van der Waals surface area contributed by atoms with Crippen molar-refractivity contribution in [3.05, 3.63) is 95.0 Å². The number of hydrogen-bond acceptors (Lipinski definition) is 1. The van der Waals surface area contributed by atoms with Gasteiger partial charge in [0.15, 0.2) is 0 Å². The van der Waals surface area contributed by atoms with E-state index in [0.717, 1.165) is 15.6 Å². The van der Waals surface area contributed by atoms with Crippen molar-refractivity contribution < 1.29 is 4.21 Å². The molecule has 2 nitrogen and oxygen atoms in total. The van der Waals surface area contributed by atoms with Gasteiger partial charge < -0.3 is 0 Å². The van der Waals surface area contributed by atoms with Crippen molar-refractivity contribution in [1.82, 2.24) is 4.72 Å². The van der Waals surface area contributed by atoms with E-state index >= 15 is 0 Å². The Morgan fingerprint density at radius 1 is 0.964 bits per heavy atom. The molecule has 0 aliphatic heterocycles. The molecule has 0 fully saturated rings. The molecule has 0 saturated heterocycles. The van der Waals surface area contributed by atoms with Crippen LogP contribution < -0.4 is 4.72 Å². The van der Waals surface area contributed by atoms with Crippen LogP contribution in [0.3, 0.4) is 0 Å². The zero-order valence-electron chi connectivity index (χ0n) is 16.5. The molecule has 0 saturated carbocycles. The first-order valence-electron chi connectivity index (χ1n) is 9.34. The molecule has 146 valence electrons. The maximum Gasteiger partial charge on any atom is 0.0976 e. The lowest BCUT2D eigenvalue weighted by molar-refractivity contribution is 0.566. The Balaban J connectivity index is 2.07. The molecule has 0 spiro atoms. The van der Waals surface area contributed by atoms with Crippen LogP contribution in [0.1, 0.15) is 43.9 Å². The van der Waals surface area contributed by atoms with Crippen LogP contribution >= 0.6 is 15.9 Å². The number of rotatable bonds is 6. The van der Waals surface area contributed by atoms with Crippen LogP contribution in [0.5, 0.6) is 0 Å². The van der Waals surface area contributed by atoms with Crippen LogP contribution in [0.2, 0.25) is 0 Å². The minimum Gasteiger partial charge on any atom is -0.242 e. The Kier molecular flexibility index (Phi) is 6.54. The summed E-state index contributed by atoms with van der Waals surface area (Å²) in [5, 5.41) is 2.37. The molecular formula is C24H26BrNOS. The van der Waals surface area contributed by atoms with Crippen LogP contribution in [0, 0.1) is 0 Å². The monoisotopic (exact) mass is 455 g/mol. The summed E-state index contributed by atoms with van der Waals surface area (Å²) in [5.41, 5.74) is 2.24. The van der Waals surface area contributed by atoms with Crippen molar-refractivity contribution in [2.75, 3.05) is 0 Å². The van der Waals surface area contributed by atoms with E-state index in [1.807, 2.05) is 51.1 Å². The smallest absolute Gasteiger partial charge is 0.0976 e. The highest BCUT2D eigenvalue weighted by Crippen LogP contribution is 2.35. The molecule has 28 heavy (non-hydrogen) atoms. The maximum absolute atomic E-state index is 13.0. The molecule has 0 amide bonds. The Morgan fingerprint density at radius 2 is 1.57 bits per heavy atom. The quantitative estimate of drug-likeness (QED) is 0.413. The number of halogens is 1. The number of nitrogens with one attached hydrogen (secondary N) is 1. The third-order valence-corrected chi connectivity index (χ3v) is 6.90. The van der Waals surface area contributed by atoms with Gasteiger partial charge in [-0.1, -0.05) is 70.5 Å². The molecule has 0 aliphatic rings. The first-order chi connectivity index (χ1) is 13.3. The molecule has 0 aromatic heterocycles. The topological polar surface area (TPSA) is 29.1 Å². The minimum absolute atomic E-state index is 0.0134. The molecule has 3 aromatic rings. The van der Waals surface area contributed by atoms with Crippen LogP contribution in [0.4, 0.5) is 0 Å². The Hall–Kier alpha value is -1.75. The van der Waals surface area contributed by atoms with E-state index in [1.54, 1.807) is 0 Å². The molecule has 3 aromatic carbocycles. The van der Waals surface area contributed by atoms with Crippen molar-refractivity contribution in [3.8, 4) is 0 Å². The fourth-order valence-corrected chi connectivity index (χ4v) is 4.32.